The summed E-state index contributed by atoms with van der Waals surface area (Å²) in [5, 5.41) is 19.7. The van der Waals surface area contributed by atoms with E-state index < -0.39 is 6.10 Å². The van der Waals surface area contributed by atoms with E-state index in [4.69, 9.17) is 4.74 Å². The van der Waals surface area contributed by atoms with Crippen LogP contribution in [0.2, 0.25) is 0 Å². The number of methoxy groups -OCH3 is 1. The molecule has 0 amide bonds. The Morgan fingerprint density at radius 1 is 1.30 bits per heavy atom. The largest absolute Gasteiger partial charge is 0.497 e. The third-order valence-electron chi connectivity index (χ3n) is 3.63. The molecule has 27 heavy (non-hydrogen) atoms. The lowest BCUT2D eigenvalue weighted by molar-refractivity contribution is 0.180. The minimum Gasteiger partial charge on any atom is -0.497 e. The number of halogens is 1. The number of aromatic nitrogens is 1. The Labute approximate surface area is 181 Å². The van der Waals surface area contributed by atoms with Crippen molar-refractivity contribution >= 4 is 46.4 Å². The van der Waals surface area contributed by atoms with Crippen molar-refractivity contribution in [1.29, 1.82) is 0 Å². The molecule has 0 aliphatic heterocycles. The highest BCUT2D eigenvalue weighted by Gasteiger charge is 2.09. The van der Waals surface area contributed by atoms with E-state index in [2.05, 4.69) is 20.6 Å². The van der Waals surface area contributed by atoms with Crippen LogP contribution in [-0.2, 0) is 6.54 Å². The predicted molar refractivity (Wildman–Crippen MR) is 123 cm³/mol. The molecule has 1 unspecified atom stereocenters. The standard InChI is InChI=1S/C18H27N5O2S.HI/c1-5-19-17(20-10-14-12-26-18(22-14)23(2)3)21-11-16(24)13-6-8-15(25-4)9-7-13;/h6-9,12,16,24H,5,10-11H2,1-4H3,(H2,19,20,21);1H. The van der Waals surface area contributed by atoms with Gasteiger partial charge in [-0.3, -0.25) is 0 Å². The number of aliphatic imine (C=N–C) groups is 1. The molecule has 0 saturated carbocycles. The number of guanidine groups is 1. The van der Waals surface area contributed by atoms with Gasteiger partial charge in [0.15, 0.2) is 11.1 Å². The summed E-state index contributed by atoms with van der Waals surface area (Å²) in [6, 6.07) is 7.38. The molecule has 150 valence electrons. The molecular weight excluding hydrogens is 477 g/mol. The van der Waals surface area contributed by atoms with E-state index in [9.17, 15) is 5.11 Å². The summed E-state index contributed by atoms with van der Waals surface area (Å²) >= 11 is 1.60. The maximum Gasteiger partial charge on any atom is 0.191 e. The van der Waals surface area contributed by atoms with Crippen molar-refractivity contribution in [1.82, 2.24) is 15.6 Å². The number of benzene rings is 1. The number of nitrogens with zero attached hydrogens (tertiary/aromatic N) is 3. The van der Waals surface area contributed by atoms with E-state index in [1.165, 1.54) is 0 Å². The number of anilines is 1. The lowest BCUT2D eigenvalue weighted by Gasteiger charge is -2.15. The Morgan fingerprint density at radius 3 is 2.56 bits per heavy atom. The fraction of sp³-hybridized carbons (Fsp3) is 0.444. The molecule has 1 atom stereocenters. The molecular formula is C18H28IN5O2S. The van der Waals surface area contributed by atoms with Gasteiger partial charge in [0.1, 0.15) is 5.75 Å². The number of ether oxygens (including phenoxy) is 1. The summed E-state index contributed by atoms with van der Waals surface area (Å²) in [7, 11) is 5.56. The van der Waals surface area contributed by atoms with Gasteiger partial charge in [0.2, 0.25) is 0 Å². The normalized spacial score (nSPS) is 12.1. The van der Waals surface area contributed by atoms with E-state index in [1.807, 2.05) is 55.6 Å². The van der Waals surface area contributed by atoms with Gasteiger partial charge in [-0.05, 0) is 24.6 Å². The Bertz CT molecular complexity index is 706. The van der Waals surface area contributed by atoms with Crippen molar-refractivity contribution in [3.05, 3.63) is 40.9 Å². The second-order valence-electron chi connectivity index (χ2n) is 5.88. The molecule has 1 heterocycles. The third kappa shape index (κ3) is 7.51. The van der Waals surface area contributed by atoms with Crippen LogP contribution in [0, 0.1) is 0 Å². The maximum absolute atomic E-state index is 10.3. The average molecular weight is 505 g/mol. The summed E-state index contributed by atoms with van der Waals surface area (Å²) in [6.07, 6.45) is -0.635. The molecule has 1 aromatic heterocycles. The third-order valence-corrected chi connectivity index (χ3v) is 4.69. The number of thiazole rings is 1. The summed E-state index contributed by atoms with van der Waals surface area (Å²) in [5.74, 6) is 1.42. The van der Waals surface area contributed by atoms with Crippen LogP contribution < -0.4 is 20.3 Å². The SMILES string of the molecule is CCNC(=NCc1csc(N(C)C)n1)NCC(O)c1ccc(OC)cc1.I. The second-order valence-corrected chi connectivity index (χ2v) is 6.72. The van der Waals surface area contributed by atoms with Gasteiger partial charge in [-0.1, -0.05) is 12.1 Å². The van der Waals surface area contributed by atoms with Crippen LogP contribution in [-0.4, -0.2) is 50.3 Å². The second kappa shape index (κ2) is 12.0. The van der Waals surface area contributed by atoms with E-state index >= 15 is 0 Å². The van der Waals surface area contributed by atoms with Gasteiger partial charge in [-0.15, -0.1) is 35.3 Å². The quantitative estimate of drug-likeness (QED) is 0.291. The van der Waals surface area contributed by atoms with Gasteiger partial charge < -0.3 is 25.4 Å². The van der Waals surface area contributed by atoms with E-state index in [1.54, 1.807) is 18.4 Å². The topological polar surface area (TPSA) is 82.0 Å². The molecule has 9 heteroatoms. The molecule has 2 rings (SSSR count). The first kappa shape index (κ1) is 23.4. The number of hydrogen-bond donors (Lipinski definition) is 3. The van der Waals surface area contributed by atoms with Crippen LogP contribution in [0.15, 0.2) is 34.6 Å². The Kier molecular flexibility index (Phi) is 10.4. The summed E-state index contributed by atoms with van der Waals surface area (Å²) < 4.78 is 5.14. The number of aliphatic hydroxyl groups excluding tert-OH is 1. The number of rotatable bonds is 8. The first-order chi connectivity index (χ1) is 12.5. The Morgan fingerprint density at radius 2 is 2.00 bits per heavy atom. The summed E-state index contributed by atoms with van der Waals surface area (Å²) in [4.78, 5) is 11.0. The minimum atomic E-state index is -0.635. The fourth-order valence-corrected chi connectivity index (χ4v) is 2.96. The van der Waals surface area contributed by atoms with Crippen molar-refractivity contribution < 1.29 is 9.84 Å². The van der Waals surface area contributed by atoms with Gasteiger partial charge in [-0.2, -0.15) is 0 Å². The molecule has 0 spiro atoms. The lowest BCUT2D eigenvalue weighted by Crippen LogP contribution is -2.39. The number of nitrogens with one attached hydrogen (secondary N) is 2. The van der Waals surface area contributed by atoms with Crippen molar-refractivity contribution in [2.45, 2.75) is 19.6 Å². The average Bonchev–Trinajstić information content (AvgIpc) is 3.13. The van der Waals surface area contributed by atoms with Crippen LogP contribution in [0.5, 0.6) is 5.75 Å². The first-order valence-corrected chi connectivity index (χ1v) is 9.37. The van der Waals surface area contributed by atoms with Crippen LogP contribution >= 0.6 is 35.3 Å². The Balaban J connectivity index is 0.00000364. The molecule has 2 aromatic rings. The summed E-state index contributed by atoms with van der Waals surface area (Å²) in [5.41, 5.74) is 1.75. The van der Waals surface area contributed by atoms with Gasteiger partial charge in [0.25, 0.3) is 0 Å². The van der Waals surface area contributed by atoms with Crippen LogP contribution in [0.3, 0.4) is 0 Å². The van der Waals surface area contributed by atoms with Gasteiger partial charge in [0, 0.05) is 32.6 Å². The van der Waals surface area contributed by atoms with Crippen molar-refractivity contribution in [2.75, 3.05) is 39.2 Å². The van der Waals surface area contributed by atoms with E-state index in [-0.39, 0.29) is 24.0 Å². The Hall–Kier alpha value is -1.59. The molecule has 1 aromatic carbocycles. The lowest BCUT2D eigenvalue weighted by atomic mass is 10.1. The molecule has 0 aliphatic carbocycles. The van der Waals surface area contributed by atoms with Crippen LogP contribution in [0.4, 0.5) is 5.13 Å². The van der Waals surface area contributed by atoms with Crippen LogP contribution in [0.1, 0.15) is 24.3 Å². The fourth-order valence-electron chi connectivity index (χ4n) is 2.21. The zero-order valence-corrected chi connectivity index (χ0v) is 19.2. The van der Waals surface area contributed by atoms with Crippen molar-refractivity contribution in [3.8, 4) is 5.75 Å². The van der Waals surface area contributed by atoms with Gasteiger partial charge in [-0.25, -0.2) is 9.98 Å². The number of hydrogen-bond acceptors (Lipinski definition) is 6. The first-order valence-electron chi connectivity index (χ1n) is 8.49. The van der Waals surface area contributed by atoms with Gasteiger partial charge in [0.05, 0.1) is 25.5 Å². The van der Waals surface area contributed by atoms with Crippen molar-refractivity contribution in [3.63, 3.8) is 0 Å². The molecule has 0 bridgehead atoms. The highest BCUT2D eigenvalue weighted by Crippen LogP contribution is 2.18. The summed E-state index contributed by atoms with van der Waals surface area (Å²) in [6.45, 7) is 3.59. The van der Waals surface area contributed by atoms with E-state index in [0.29, 0.717) is 19.0 Å². The molecule has 0 aliphatic rings. The zero-order valence-electron chi connectivity index (χ0n) is 16.1. The highest BCUT2D eigenvalue weighted by molar-refractivity contribution is 14.0. The molecule has 7 nitrogen and oxygen atoms in total. The smallest absolute Gasteiger partial charge is 0.191 e. The highest BCUT2D eigenvalue weighted by atomic mass is 127. The molecule has 0 radical (unpaired) electrons. The number of aliphatic hydroxyl groups is 1. The van der Waals surface area contributed by atoms with Crippen molar-refractivity contribution in [2.24, 2.45) is 4.99 Å². The molecule has 3 N–H and O–H groups in total. The maximum atomic E-state index is 10.3. The molecule has 0 fully saturated rings. The van der Waals surface area contributed by atoms with Crippen LogP contribution in [0.25, 0.3) is 0 Å². The van der Waals surface area contributed by atoms with E-state index in [0.717, 1.165) is 28.7 Å². The minimum absolute atomic E-state index is 0. The monoisotopic (exact) mass is 505 g/mol. The predicted octanol–water partition coefficient (Wildman–Crippen LogP) is 2.62. The van der Waals surface area contributed by atoms with Gasteiger partial charge >= 0.3 is 0 Å². The zero-order chi connectivity index (χ0) is 18.9. The molecule has 0 saturated heterocycles.